The van der Waals surface area contributed by atoms with Gasteiger partial charge in [-0.1, -0.05) is 0 Å². The number of aliphatic hydroxyl groups excluding tert-OH is 1. The predicted molar refractivity (Wildman–Crippen MR) is 69.1 cm³/mol. The highest BCUT2D eigenvalue weighted by molar-refractivity contribution is 5.93. The van der Waals surface area contributed by atoms with E-state index in [-0.39, 0.29) is 32.1 Å². The van der Waals surface area contributed by atoms with Crippen LogP contribution in [-0.2, 0) is 4.74 Å². The lowest BCUT2D eigenvalue weighted by molar-refractivity contribution is -0.385. The standard InChI is InChI=1S/C12H13FN2O6/c13-9-4-10(15(19)20)8(12(17)18)3-11(9)14-1-2-21-6-7(14)5-16/h3-4,7,16H,1-2,5-6H2,(H,17,18). The minimum atomic E-state index is -1.52. The Balaban J connectivity index is 2.51. The van der Waals surface area contributed by atoms with Crippen molar-refractivity contribution < 1.29 is 29.1 Å². The number of rotatable bonds is 4. The molecule has 9 heteroatoms. The molecule has 2 rings (SSSR count). The quantitative estimate of drug-likeness (QED) is 0.619. The van der Waals surface area contributed by atoms with Crippen LogP contribution >= 0.6 is 0 Å². The maximum Gasteiger partial charge on any atom is 0.342 e. The third-order valence-electron chi connectivity index (χ3n) is 3.24. The third kappa shape index (κ3) is 2.93. The second-order valence-electron chi connectivity index (χ2n) is 4.49. The van der Waals surface area contributed by atoms with Crippen LogP contribution in [0.3, 0.4) is 0 Å². The van der Waals surface area contributed by atoms with Crippen LogP contribution in [0.2, 0.25) is 0 Å². The predicted octanol–water partition coefficient (Wildman–Crippen LogP) is 0.630. The fourth-order valence-electron chi connectivity index (χ4n) is 2.22. The van der Waals surface area contributed by atoms with Crippen molar-refractivity contribution >= 4 is 17.3 Å². The number of hydrogen-bond acceptors (Lipinski definition) is 6. The van der Waals surface area contributed by atoms with Crippen LogP contribution in [0.1, 0.15) is 10.4 Å². The van der Waals surface area contributed by atoms with E-state index in [9.17, 15) is 24.4 Å². The van der Waals surface area contributed by atoms with Crippen molar-refractivity contribution in [3.8, 4) is 0 Å². The Kier molecular flexibility index (Phi) is 4.34. The van der Waals surface area contributed by atoms with Gasteiger partial charge in [0.2, 0.25) is 0 Å². The van der Waals surface area contributed by atoms with E-state index in [0.29, 0.717) is 6.07 Å². The van der Waals surface area contributed by atoms with Gasteiger partial charge in [-0.2, -0.15) is 0 Å². The molecule has 1 fully saturated rings. The highest BCUT2D eigenvalue weighted by atomic mass is 19.1. The molecule has 0 bridgehead atoms. The van der Waals surface area contributed by atoms with Crippen LogP contribution < -0.4 is 4.90 Å². The van der Waals surface area contributed by atoms with E-state index in [2.05, 4.69) is 0 Å². The summed E-state index contributed by atoms with van der Waals surface area (Å²) in [5, 5.41) is 29.1. The molecule has 114 valence electrons. The molecule has 1 aliphatic rings. The van der Waals surface area contributed by atoms with Gasteiger partial charge in [0.1, 0.15) is 5.56 Å². The van der Waals surface area contributed by atoms with E-state index in [1.807, 2.05) is 0 Å². The maximum atomic E-state index is 14.1. The van der Waals surface area contributed by atoms with Gasteiger partial charge in [0, 0.05) is 6.54 Å². The first-order chi connectivity index (χ1) is 9.95. The molecule has 1 aromatic rings. The summed E-state index contributed by atoms with van der Waals surface area (Å²) in [6.07, 6.45) is 0. The molecule has 8 nitrogen and oxygen atoms in total. The largest absolute Gasteiger partial charge is 0.477 e. The van der Waals surface area contributed by atoms with E-state index in [1.165, 1.54) is 4.90 Å². The van der Waals surface area contributed by atoms with Crippen molar-refractivity contribution in [1.29, 1.82) is 0 Å². The number of ether oxygens (including phenoxy) is 1. The van der Waals surface area contributed by atoms with Crippen LogP contribution in [0.4, 0.5) is 15.8 Å². The van der Waals surface area contributed by atoms with Crippen molar-refractivity contribution in [3.05, 3.63) is 33.6 Å². The topological polar surface area (TPSA) is 113 Å². The third-order valence-corrected chi connectivity index (χ3v) is 3.24. The smallest absolute Gasteiger partial charge is 0.342 e. The van der Waals surface area contributed by atoms with Crippen molar-refractivity contribution in [1.82, 2.24) is 0 Å². The summed E-state index contributed by atoms with van der Waals surface area (Å²) >= 11 is 0. The van der Waals surface area contributed by atoms with Gasteiger partial charge in [0.25, 0.3) is 5.69 Å². The number of benzene rings is 1. The Morgan fingerprint density at radius 2 is 2.29 bits per heavy atom. The molecule has 0 aliphatic carbocycles. The van der Waals surface area contributed by atoms with Gasteiger partial charge in [-0.25, -0.2) is 9.18 Å². The molecule has 0 aromatic heterocycles. The molecule has 0 radical (unpaired) electrons. The van der Waals surface area contributed by atoms with Crippen LogP contribution in [0, 0.1) is 15.9 Å². The van der Waals surface area contributed by atoms with Crippen molar-refractivity contribution in [2.75, 3.05) is 31.3 Å². The average Bonchev–Trinajstić information content (AvgIpc) is 2.46. The van der Waals surface area contributed by atoms with Gasteiger partial charge < -0.3 is 19.8 Å². The Morgan fingerprint density at radius 3 is 2.86 bits per heavy atom. The zero-order chi connectivity index (χ0) is 15.6. The average molecular weight is 300 g/mol. The molecule has 2 N–H and O–H groups in total. The highest BCUT2D eigenvalue weighted by Crippen LogP contribution is 2.30. The molecule has 1 atom stereocenters. The number of aliphatic hydroxyl groups is 1. The van der Waals surface area contributed by atoms with Gasteiger partial charge in [-0.3, -0.25) is 10.1 Å². The van der Waals surface area contributed by atoms with Crippen molar-refractivity contribution in [3.63, 3.8) is 0 Å². The number of carboxylic acid groups (broad SMARTS) is 1. The van der Waals surface area contributed by atoms with Gasteiger partial charge in [0.05, 0.1) is 42.5 Å². The fourth-order valence-corrected chi connectivity index (χ4v) is 2.22. The molecule has 0 amide bonds. The molecular formula is C12H13FN2O6. The van der Waals surface area contributed by atoms with E-state index >= 15 is 0 Å². The first-order valence-electron chi connectivity index (χ1n) is 6.12. The number of hydrogen-bond donors (Lipinski definition) is 2. The number of nitro benzene ring substituents is 1. The van der Waals surface area contributed by atoms with Crippen LogP contribution in [0.5, 0.6) is 0 Å². The molecular weight excluding hydrogens is 287 g/mol. The number of carboxylic acids is 1. The normalized spacial score (nSPS) is 18.6. The zero-order valence-electron chi connectivity index (χ0n) is 10.9. The van der Waals surface area contributed by atoms with Crippen molar-refractivity contribution in [2.45, 2.75) is 6.04 Å². The first-order valence-corrected chi connectivity index (χ1v) is 6.12. The molecule has 0 spiro atoms. The van der Waals surface area contributed by atoms with Crippen molar-refractivity contribution in [2.24, 2.45) is 0 Å². The van der Waals surface area contributed by atoms with Gasteiger partial charge >= 0.3 is 5.97 Å². The molecule has 1 aliphatic heterocycles. The summed E-state index contributed by atoms with van der Waals surface area (Å²) in [7, 11) is 0. The maximum absolute atomic E-state index is 14.1. The molecule has 21 heavy (non-hydrogen) atoms. The molecule has 1 saturated heterocycles. The van der Waals surface area contributed by atoms with E-state index in [0.717, 1.165) is 6.07 Å². The minimum Gasteiger partial charge on any atom is -0.477 e. The van der Waals surface area contributed by atoms with Gasteiger partial charge in [0.15, 0.2) is 5.82 Å². The number of nitrogens with zero attached hydrogens (tertiary/aromatic N) is 2. The Morgan fingerprint density at radius 1 is 1.57 bits per heavy atom. The fraction of sp³-hybridized carbons (Fsp3) is 0.417. The van der Waals surface area contributed by atoms with Gasteiger partial charge in [-0.05, 0) is 6.07 Å². The number of morpholine rings is 1. The number of aromatic carboxylic acids is 1. The summed E-state index contributed by atoms with van der Waals surface area (Å²) in [6, 6.07) is 0.975. The lowest BCUT2D eigenvalue weighted by Crippen LogP contribution is -2.48. The summed E-state index contributed by atoms with van der Waals surface area (Å²) in [6.45, 7) is 0.391. The monoisotopic (exact) mass is 300 g/mol. The summed E-state index contributed by atoms with van der Waals surface area (Å²) in [5.74, 6) is -2.43. The zero-order valence-corrected chi connectivity index (χ0v) is 10.9. The summed E-state index contributed by atoms with van der Waals surface area (Å²) in [4.78, 5) is 22.4. The van der Waals surface area contributed by atoms with Gasteiger partial charge in [-0.15, -0.1) is 0 Å². The lowest BCUT2D eigenvalue weighted by Gasteiger charge is -2.36. The van der Waals surface area contributed by atoms with Crippen LogP contribution in [0.25, 0.3) is 0 Å². The van der Waals surface area contributed by atoms with E-state index < -0.39 is 34.0 Å². The highest BCUT2D eigenvalue weighted by Gasteiger charge is 2.29. The summed E-state index contributed by atoms with van der Waals surface area (Å²) < 4.78 is 19.2. The van der Waals surface area contributed by atoms with E-state index in [1.54, 1.807) is 0 Å². The first kappa shape index (κ1) is 15.1. The Labute approximate surface area is 118 Å². The number of carbonyl (C=O) groups is 1. The summed E-state index contributed by atoms with van der Waals surface area (Å²) in [5.41, 5.74) is -1.50. The second kappa shape index (κ2) is 6.02. The van der Waals surface area contributed by atoms with Crippen LogP contribution in [0.15, 0.2) is 12.1 Å². The minimum absolute atomic E-state index is 0.0969. The van der Waals surface area contributed by atoms with E-state index in [4.69, 9.17) is 9.84 Å². The SMILES string of the molecule is O=C(O)c1cc(N2CCOCC2CO)c(F)cc1[N+](=O)[O-]. The van der Waals surface area contributed by atoms with Crippen LogP contribution in [-0.4, -0.2) is 53.5 Å². The Bertz CT molecular complexity index is 579. The number of anilines is 1. The number of halogens is 1. The molecule has 0 saturated carbocycles. The second-order valence-corrected chi connectivity index (χ2v) is 4.49. The molecule has 1 unspecified atom stereocenters. The number of nitro groups is 1. The molecule has 1 aromatic carbocycles. The molecule has 1 heterocycles. The Hall–Kier alpha value is -2.26. The lowest BCUT2D eigenvalue weighted by atomic mass is 10.1.